The van der Waals surface area contributed by atoms with Gasteiger partial charge in [-0.1, -0.05) is 35.3 Å². The monoisotopic (exact) mass is 403 g/mol. The number of benzene rings is 2. The van der Waals surface area contributed by atoms with Gasteiger partial charge in [-0.25, -0.2) is 8.42 Å². The van der Waals surface area contributed by atoms with Crippen LogP contribution >= 0.6 is 35.4 Å². The zero-order chi connectivity index (χ0) is 17.7. The Labute approximate surface area is 156 Å². The van der Waals surface area contributed by atoms with E-state index in [2.05, 4.69) is 15.4 Å². The first-order valence-electron chi connectivity index (χ1n) is 6.95. The van der Waals surface area contributed by atoms with E-state index < -0.39 is 10.0 Å². The number of rotatable bonds is 5. The summed E-state index contributed by atoms with van der Waals surface area (Å²) in [5.41, 5.74) is 0.779. The van der Waals surface area contributed by atoms with Crippen molar-refractivity contribution in [1.29, 1.82) is 0 Å². The van der Waals surface area contributed by atoms with E-state index in [-0.39, 0.29) is 15.6 Å². The summed E-state index contributed by atoms with van der Waals surface area (Å²) in [6.07, 6.45) is 0. The molecule has 2 aromatic rings. The number of thiocarbonyl (C=S) groups is 1. The molecule has 0 fully saturated rings. The molecule has 9 heteroatoms. The third-order valence-corrected chi connectivity index (χ3v) is 5.36. The van der Waals surface area contributed by atoms with E-state index >= 15 is 0 Å². The maximum Gasteiger partial charge on any atom is 0.263 e. The van der Waals surface area contributed by atoms with Crippen LogP contribution in [0.3, 0.4) is 0 Å². The lowest BCUT2D eigenvalue weighted by atomic mass is 10.3. The number of hydrogen-bond donors (Lipinski definition) is 3. The molecule has 0 aliphatic carbocycles. The van der Waals surface area contributed by atoms with Gasteiger partial charge in [-0.2, -0.15) is 0 Å². The van der Waals surface area contributed by atoms with Crippen LogP contribution in [-0.2, 0) is 10.0 Å². The van der Waals surface area contributed by atoms with Gasteiger partial charge in [-0.05, 0) is 49.5 Å². The van der Waals surface area contributed by atoms with Crippen molar-refractivity contribution in [3.63, 3.8) is 0 Å². The topological polar surface area (TPSA) is 70.2 Å². The van der Waals surface area contributed by atoms with E-state index in [1.807, 2.05) is 6.92 Å². The highest BCUT2D eigenvalue weighted by Crippen LogP contribution is 2.29. The van der Waals surface area contributed by atoms with E-state index in [9.17, 15) is 8.42 Å². The first kappa shape index (κ1) is 18.8. The van der Waals surface area contributed by atoms with Crippen molar-refractivity contribution in [2.75, 3.05) is 16.6 Å². The van der Waals surface area contributed by atoms with Crippen molar-refractivity contribution in [2.24, 2.45) is 0 Å². The number of nitrogens with one attached hydrogen (secondary N) is 3. The summed E-state index contributed by atoms with van der Waals surface area (Å²) >= 11 is 17.1. The Morgan fingerprint density at radius 1 is 1.12 bits per heavy atom. The second kappa shape index (κ2) is 8.02. The molecule has 2 aromatic carbocycles. The van der Waals surface area contributed by atoms with Gasteiger partial charge in [0.25, 0.3) is 10.0 Å². The molecule has 0 spiro atoms. The fourth-order valence-electron chi connectivity index (χ4n) is 1.87. The van der Waals surface area contributed by atoms with Crippen molar-refractivity contribution >= 4 is 61.9 Å². The first-order valence-corrected chi connectivity index (χ1v) is 9.60. The predicted octanol–water partition coefficient (Wildman–Crippen LogP) is 4.10. The summed E-state index contributed by atoms with van der Waals surface area (Å²) in [5, 5.41) is 6.59. The third kappa shape index (κ3) is 4.73. The summed E-state index contributed by atoms with van der Waals surface area (Å²) in [6.45, 7) is 2.55. The maximum atomic E-state index is 12.6. The van der Waals surface area contributed by atoms with Gasteiger partial charge in [0.2, 0.25) is 0 Å². The molecule has 0 atom stereocenters. The van der Waals surface area contributed by atoms with Gasteiger partial charge in [0.1, 0.15) is 4.90 Å². The van der Waals surface area contributed by atoms with Crippen LogP contribution in [0.4, 0.5) is 11.4 Å². The lowest BCUT2D eigenvalue weighted by Crippen LogP contribution is -2.28. The third-order valence-electron chi connectivity index (χ3n) is 2.93. The zero-order valence-electron chi connectivity index (χ0n) is 12.6. The van der Waals surface area contributed by atoms with E-state index in [1.54, 1.807) is 30.3 Å². The molecule has 128 valence electrons. The highest BCUT2D eigenvalue weighted by molar-refractivity contribution is 7.92. The van der Waals surface area contributed by atoms with Crippen LogP contribution in [0, 0.1) is 0 Å². The normalized spacial score (nSPS) is 11.0. The van der Waals surface area contributed by atoms with Crippen LogP contribution in [-0.4, -0.2) is 20.1 Å². The summed E-state index contributed by atoms with van der Waals surface area (Å²) in [5.74, 6) is 0. The molecule has 0 bridgehead atoms. The lowest BCUT2D eigenvalue weighted by Gasteiger charge is -2.13. The van der Waals surface area contributed by atoms with Gasteiger partial charge in [0.05, 0.1) is 15.7 Å². The van der Waals surface area contributed by atoms with Crippen molar-refractivity contribution in [3.8, 4) is 0 Å². The number of halogens is 2. The molecular formula is C15H15Cl2N3O2S2. The maximum absolute atomic E-state index is 12.6. The van der Waals surface area contributed by atoms with Crippen LogP contribution < -0.4 is 15.4 Å². The molecule has 3 N–H and O–H groups in total. The number of hydrogen-bond acceptors (Lipinski definition) is 3. The first-order chi connectivity index (χ1) is 11.3. The highest BCUT2D eigenvalue weighted by Gasteiger charge is 2.20. The Hall–Kier alpha value is -1.54. The minimum absolute atomic E-state index is 0.0756. The van der Waals surface area contributed by atoms with Gasteiger partial charge in [-0.3, -0.25) is 4.72 Å². The Balaban J connectivity index is 2.32. The molecule has 0 unspecified atom stereocenters. The van der Waals surface area contributed by atoms with Crippen LogP contribution in [0.5, 0.6) is 0 Å². The molecule has 0 aromatic heterocycles. The zero-order valence-corrected chi connectivity index (χ0v) is 15.8. The van der Waals surface area contributed by atoms with E-state index in [0.29, 0.717) is 22.4 Å². The fourth-order valence-corrected chi connectivity index (χ4v) is 3.97. The van der Waals surface area contributed by atoms with Crippen molar-refractivity contribution < 1.29 is 8.42 Å². The molecule has 0 heterocycles. The number of anilines is 2. The van der Waals surface area contributed by atoms with Gasteiger partial charge in [-0.15, -0.1) is 0 Å². The van der Waals surface area contributed by atoms with Gasteiger partial charge < -0.3 is 10.6 Å². The average molecular weight is 404 g/mol. The molecule has 2 rings (SSSR count). The molecule has 5 nitrogen and oxygen atoms in total. The quantitative estimate of drug-likeness (QED) is 0.655. The summed E-state index contributed by atoms with van der Waals surface area (Å²) in [7, 11) is -3.91. The average Bonchev–Trinajstić information content (AvgIpc) is 2.51. The Morgan fingerprint density at radius 3 is 2.50 bits per heavy atom. The van der Waals surface area contributed by atoms with E-state index in [1.165, 1.54) is 12.1 Å². The molecule has 0 aliphatic rings. The predicted molar refractivity (Wildman–Crippen MR) is 104 cm³/mol. The highest BCUT2D eigenvalue weighted by atomic mass is 35.5. The molecule has 0 aliphatic heterocycles. The molecule has 24 heavy (non-hydrogen) atoms. The molecule has 0 saturated carbocycles. The van der Waals surface area contributed by atoms with E-state index in [0.717, 1.165) is 0 Å². The molecular weight excluding hydrogens is 389 g/mol. The summed E-state index contributed by atoms with van der Waals surface area (Å²) in [6, 6.07) is 11.1. The largest absolute Gasteiger partial charge is 0.363 e. The Bertz CT molecular complexity index is 858. The second-order valence-electron chi connectivity index (χ2n) is 4.72. The van der Waals surface area contributed by atoms with Crippen LogP contribution in [0.15, 0.2) is 47.4 Å². The van der Waals surface area contributed by atoms with E-state index in [4.69, 9.17) is 35.4 Å². The Kier molecular flexibility index (Phi) is 6.28. The molecule has 0 amide bonds. The minimum atomic E-state index is -3.91. The smallest absolute Gasteiger partial charge is 0.263 e. The second-order valence-corrected chi connectivity index (χ2v) is 7.59. The Morgan fingerprint density at radius 2 is 1.83 bits per heavy atom. The van der Waals surface area contributed by atoms with Crippen molar-refractivity contribution in [3.05, 3.63) is 52.5 Å². The van der Waals surface area contributed by atoms with Crippen molar-refractivity contribution in [2.45, 2.75) is 11.8 Å². The fraction of sp³-hybridized carbons (Fsp3) is 0.133. The SMILES string of the molecule is CCNC(=S)Nc1ccc(Cl)c(S(=O)(=O)Nc2ccccc2Cl)c1. The minimum Gasteiger partial charge on any atom is -0.363 e. The lowest BCUT2D eigenvalue weighted by molar-refractivity contribution is 0.601. The van der Waals surface area contributed by atoms with Gasteiger partial charge in [0, 0.05) is 12.2 Å². The summed E-state index contributed by atoms with van der Waals surface area (Å²) < 4.78 is 27.6. The van der Waals surface area contributed by atoms with Crippen LogP contribution in [0.1, 0.15) is 6.92 Å². The molecule has 0 saturated heterocycles. The summed E-state index contributed by atoms with van der Waals surface area (Å²) in [4.78, 5) is -0.0756. The standard InChI is InChI=1S/C15H15Cl2N3O2S2/c1-2-18-15(23)19-10-7-8-12(17)14(9-10)24(21,22)20-13-6-4-3-5-11(13)16/h3-9,20H,2H2,1H3,(H2,18,19,23). The van der Waals surface area contributed by atoms with Gasteiger partial charge in [0.15, 0.2) is 5.11 Å². The van der Waals surface area contributed by atoms with Crippen LogP contribution in [0.2, 0.25) is 10.0 Å². The number of sulfonamides is 1. The molecule has 0 radical (unpaired) electrons. The van der Waals surface area contributed by atoms with Crippen molar-refractivity contribution in [1.82, 2.24) is 5.32 Å². The number of para-hydroxylation sites is 1. The van der Waals surface area contributed by atoms with Crippen LogP contribution in [0.25, 0.3) is 0 Å². The van der Waals surface area contributed by atoms with Gasteiger partial charge >= 0.3 is 0 Å².